The van der Waals surface area contributed by atoms with Crippen LogP contribution in [0.5, 0.6) is 0 Å². The van der Waals surface area contributed by atoms with E-state index in [1.165, 1.54) is 0 Å². The van der Waals surface area contributed by atoms with Crippen LogP contribution in [0, 0.1) is 23.5 Å². The monoisotopic (exact) mass is 354 g/mol. The van der Waals surface area contributed by atoms with Gasteiger partial charge in [0.2, 0.25) is 0 Å². The smallest absolute Gasteiger partial charge is 0.330 e. The van der Waals surface area contributed by atoms with Crippen molar-refractivity contribution in [3.05, 3.63) is 65.2 Å². The first-order valence-corrected chi connectivity index (χ1v) is 7.81. The van der Waals surface area contributed by atoms with Crippen molar-refractivity contribution in [2.75, 3.05) is 18.1 Å². The molecule has 1 spiro atoms. The lowest BCUT2D eigenvalue weighted by atomic mass is 9.98. The largest absolute Gasteiger partial charge is 0.375 e. The Labute approximate surface area is 147 Å². The standard InChI is InChI=1S/C19H12F2N2O3/c20-14-8-13(7-6-12-4-2-1-3-5-12)9-15(21)16(14)23-17(24)19(10-26-11-19)22-18(23)25/h1-5,8-9H,10-11H2,(H,22,25). The Morgan fingerprint density at radius 3 is 2.15 bits per heavy atom. The normalized spacial score (nSPS) is 17.5. The summed E-state index contributed by atoms with van der Waals surface area (Å²) in [6.45, 7) is -0.0319. The number of benzene rings is 2. The van der Waals surface area contributed by atoms with Crippen LogP contribution in [0.15, 0.2) is 42.5 Å². The van der Waals surface area contributed by atoms with Gasteiger partial charge in [-0.2, -0.15) is 0 Å². The van der Waals surface area contributed by atoms with Crippen LogP contribution in [-0.4, -0.2) is 30.7 Å². The van der Waals surface area contributed by atoms with E-state index in [4.69, 9.17) is 4.74 Å². The molecular formula is C19H12F2N2O3. The van der Waals surface area contributed by atoms with Crippen molar-refractivity contribution in [2.24, 2.45) is 0 Å². The van der Waals surface area contributed by atoms with E-state index in [1.807, 2.05) is 6.07 Å². The summed E-state index contributed by atoms with van der Waals surface area (Å²) in [4.78, 5) is 25.0. The zero-order chi connectivity index (χ0) is 18.3. The molecule has 2 saturated heterocycles. The van der Waals surface area contributed by atoms with E-state index in [-0.39, 0.29) is 18.8 Å². The Bertz CT molecular complexity index is 952. The van der Waals surface area contributed by atoms with Crippen LogP contribution < -0.4 is 10.2 Å². The van der Waals surface area contributed by atoms with E-state index in [0.29, 0.717) is 10.5 Å². The minimum atomic E-state index is -1.22. The molecule has 0 aromatic heterocycles. The molecule has 0 unspecified atom stereocenters. The summed E-state index contributed by atoms with van der Waals surface area (Å²) in [5.41, 5.74) is -1.14. The van der Waals surface area contributed by atoms with Gasteiger partial charge in [-0.1, -0.05) is 30.0 Å². The first-order valence-electron chi connectivity index (χ1n) is 7.81. The number of hydrogen-bond donors (Lipinski definition) is 1. The number of carbonyl (C=O) groups excluding carboxylic acids is 2. The number of ether oxygens (including phenoxy) is 1. The first kappa shape index (κ1) is 16.2. The second-order valence-electron chi connectivity index (χ2n) is 6.05. The van der Waals surface area contributed by atoms with Crippen LogP contribution in [0.2, 0.25) is 0 Å². The third kappa shape index (κ3) is 2.52. The highest BCUT2D eigenvalue weighted by molar-refractivity contribution is 6.24. The maximum absolute atomic E-state index is 14.5. The molecule has 2 aromatic carbocycles. The zero-order valence-electron chi connectivity index (χ0n) is 13.4. The van der Waals surface area contributed by atoms with E-state index < -0.39 is 34.8 Å². The van der Waals surface area contributed by atoms with Gasteiger partial charge in [0.1, 0.15) is 5.69 Å². The number of imide groups is 1. The van der Waals surface area contributed by atoms with Crippen LogP contribution in [0.4, 0.5) is 19.3 Å². The van der Waals surface area contributed by atoms with Crippen LogP contribution in [0.1, 0.15) is 11.1 Å². The Kier molecular flexibility index (Phi) is 3.71. The Morgan fingerprint density at radius 1 is 1.00 bits per heavy atom. The second kappa shape index (κ2) is 5.93. The maximum atomic E-state index is 14.5. The number of amides is 3. The predicted octanol–water partition coefficient (Wildman–Crippen LogP) is 2.19. The van der Waals surface area contributed by atoms with Crippen LogP contribution >= 0.6 is 0 Å². The molecule has 26 heavy (non-hydrogen) atoms. The van der Waals surface area contributed by atoms with E-state index in [2.05, 4.69) is 17.2 Å². The highest BCUT2D eigenvalue weighted by Gasteiger charge is 2.57. The fourth-order valence-corrected chi connectivity index (χ4v) is 2.84. The summed E-state index contributed by atoms with van der Waals surface area (Å²) in [5, 5.41) is 2.43. The SMILES string of the molecule is O=C1NC2(COC2)C(=O)N1c1c(F)cc(C#Cc2ccccc2)cc1F. The molecule has 0 aliphatic carbocycles. The molecule has 0 radical (unpaired) electrons. The fourth-order valence-electron chi connectivity index (χ4n) is 2.84. The van der Waals surface area contributed by atoms with Crippen LogP contribution in [0.3, 0.4) is 0 Å². The molecule has 4 rings (SSSR count). The second-order valence-corrected chi connectivity index (χ2v) is 6.05. The molecular weight excluding hydrogens is 342 g/mol. The summed E-state index contributed by atoms with van der Waals surface area (Å²) in [6, 6.07) is 10.1. The molecule has 130 valence electrons. The molecule has 2 fully saturated rings. The highest BCUT2D eigenvalue weighted by Crippen LogP contribution is 2.33. The van der Waals surface area contributed by atoms with Gasteiger partial charge in [0, 0.05) is 11.1 Å². The molecule has 0 bridgehead atoms. The molecule has 2 aromatic rings. The lowest BCUT2D eigenvalue weighted by molar-refractivity contribution is -0.139. The van der Waals surface area contributed by atoms with Crippen LogP contribution in [0.25, 0.3) is 0 Å². The van der Waals surface area contributed by atoms with Gasteiger partial charge in [-0.05, 0) is 24.3 Å². The van der Waals surface area contributed by atoms with Crippen LogP contribution in [-0.2, 0) is 9.53 Å². The summed E-state index contributed by atoms with van der Waals surface area (Å²) in [6.07, 6.45) is 0. The predicted molar refractivity (Wildman–Crippen MR) is 88.3 cm³/mol. The number of nitrogens with one attached hydrogen (secondary N) is 1. The van der Waals surface area contributed by atoms with Crippen molar-refractivity contribution < 1.29 is 23.1 Å². The first-order chi connectivity index (χ1) is 12.5. The maximum Gasteiger partial charge on any atom is 0.330 e. The summed E-state index contributed by atoms with van der Waals surface area (Å²) < 4.78 is 33.9. The molecule has 2 aliphatic rings. The Morgan fingerprint density at radius 2 is 1.62 bits per heavy atom. The Balaban J connectivity index is 1.68. The van der Waals surface area contributed by atoms with Gasteiger partial charge in [-0.25, -0.2) is 18.5 Å². The molecule has 1 N–H and O–H groups in total. The molecule has 0 atom stereocenters. The summed E-state index contributed by atoms with van der Waals surface area (Å²) in [7, 11) is 0. The lowest BCUT2D eigenvalue weighted by Crippen LogP contribution is -2.62. The van der Waals surface area contributed by atoms with Gasteiger partial charge in [-0.15, -0.1) is 0 Å². The average Bonchev–Trinajstić information content (AvgIpc) is 2.85. The molecule has 5 nitrogen and oxygen atoms in total. The van der Waals surface area contributed by atoms with Crippen molar-refractivity contribution in [3.63, 3.8) is 0 Å². The van der Waals surface area contributed by atoms with E-state index >= 15 is 0 Å². The third-order valence-corrected chi connectivity index (χ3v) is 4.22. The van der Waals surface area contributed by atoms with E-state index in [0.717, 1.165) is 12.1 Å². The highest BCUT2D eigenvalue weighted by atomic mass is 19.1. The van der Waals surface area contributed by atoms with Gasteiger partial charge in [0.05, 0.1) is 13.2 Å². The minimum absolute atomic E-state index is 0.0159. The topological polar surface area (TPSA) is 58.6 Å². The van der Waals surface area contributed by atoms with E-state index in [1.54, 1.807) is 24.3 Å². The fraction of sp³-hybridized carbons (Fsp3) is 0.158. The van der Waals surface area contributed by atoms with Crippen molar-refractivity contribution in [1.82, 2.24) is 5.32 Å². The van der Waals surface area contributed by atoms with Gasteiger partial charge in [0.15, 0.2) is 17.2 Å². The third-order valence-electron chi connectivity index (χ3n) is 4.22. The molecule has 2 aliphatic heterocycles. The number of rotatable bonds is 1. The number of urea groups is 1. The van der Waals surface area contributed by atoms with Gasteiger partial charge < -0.3 is 10.1 Å². The van der Waals surface area contributed by atoms with Crippen molar-refractivity contribution in [1.29, 1.82) is 0 Å². The lowest BCUT2D eigenvalue weighted by Gasteiger charge is -2.34. The minimum Gasteiger partial charge on any atom is -0.375 e. The molecule has 2 heterocycles. The number of hydrogen-bond acceptors (Lipinski definition) is 3. The number of nitrogens with zero attached hydrogens (tertiary/aromatic N) is 1. The number of halogens is 2. The number of anilines is 1. The van der Waals surface area contributed by atoms with Crippen molar-refractivity contribution in [3.8, 4) is 11.8 Å². The molecule has 7 heteroatoms. The summed E-state index contributed by atoms with van der Waals surface area (Å²) >= 11 is 0. The molecule has 0 saturated carbocycles. The van der Waals surface area contributed by atoms with Gasteiger partial charge >= 0.3 is 6.03 Å². The number of carbonyl (C=O) groups is 2. The summed E-state index contributed by atoms with van der Waals surface area (Å²) in [5.74, 6) is 2.66. The zero-order valence-corrected chi connectivity index (χ0v) is 13.4. The Hall–Kier alpha value is -3.24. The van der Waals surface area contributed by atoms with Gasteiger partial charge in [0.25, 0.3) is 5.91 Å². The molecule has 3 amide bonds. The quantitative estimate of drug-likeness (QED) is 0.631. The van der Waals surface area contributed by atoms with Gasteiger partial charge in [-0.3, -0.25) is 4.79 Å². The van der Waals surface area contributed by atoms with E-state index in [9.17, 15) is 18.4 Å². The van der Waals surface area contributed by atoms with Crippen molar-refractivity contribution >= 4 is 17.6 Å². The average molecular weight is 354 g/mol. The van der Waals surface area contributed by atoms with Crippen molar-refractivity contribution in [2.45, 2.75) is 5.54 Å².